The molecule has 4 nitrogen and oxygen atoms in total. The number of carbonyl (C=O) groups is 1. The molecule has 0 radical (unpaired) electrons. The monoisotopic (exact) mass is 337 g/mol. The van der Waals surface area contributed by atoms with Gasteiger partial charge in [0.15, 0.2) is 5.82 Å². The zero-order valence-corrected chi connectivity index (χ0v) is 11.8. The molecule has 0 aliphatic rings. The van der Waals surface area contributed by atoms with Crippen LogP contribution in [-0.4, -0.2) is 21.9 Å². The molecular weight excluding hydrogens is 330 g/mol. The van der Waals surface area contributed by atoms with Gasteiger partial charge in [-0.15, -0.1) is 0 Å². The van der Waals surface area contributed by atoms with Crippen LogP contribution < -0.4 is 5.32 Å². The first-order chi connectivity index (χ1) is 9.75. The summed E-state index contributed by atoms with van der Waals surface area (Å²) in [6, 6.07) is 6.13. The van der Waals surface area contributed by atoms with Gasteiger partial charge in [0.05, 0.1) is 6.54 Å². The second-order valence-corrected chi connectivity index (χ2v) is 4.93. The summed E-state index contributed by atoms with van der Waals surface area (Å²) in [5.41, 5.74) is 0.692. The van der Waals surface area contributed by atoms with Gasteiger partial charge in [0, 0.05) is 22.3 Å². The minimum atomic E-state index is -4.96. The number of halogens is 5. The lowest BCUT2D eigenvalue weighted by Gasteiger charge is -2.06. The van der Waals surface area contributed by atoms with Crippen LogP contribution >= 0.6 is 23.2 Å². The number of alkyl halides is 3. The first-order valence-electron chi connectivity index (χ1n) is 5.61. The molecule has 2 aromatic rings. The maximum Gasteiger partial charge on any atom is 0.471 e. The summed E-state index contributed by atoms with van der Waals surface area (Å²) in [6.07, 6.45) is -3.53. The van der Waals surface area contributed by atoms with Crippen LogP contribution in [0.2, 0.25) is 10.0 Å². The zero-order valence-electron chi connectivity index (χ0n) is 10.3. The van der Waals surface area contributed by atoms with Crippen LogP contribution in [-0.2, 0) is 11.3 Å². The third-order valence-corrected chi connectivity index (χ3v) is 3.07. The molecule has 0 spiro atoms. The molecule has 0 aliphatic heterocycles. The molecule has 0 aliphatic carbocycles. The van der Waals surface area contributed by atoms with Gasteiger partial charge < -0.3 is 5.32 Å². The predicted octanol–water partition coefficient (Wildman–Crippen LogP) is 3.74. The fourth-order valence-corrected chi connectivity index (χ4v) is 2.00. The van der Waals surface area contributed by atoms with Crippen LogP contribution in [0.3, 0.4) is 0 Å². The number of hydrogen-bond acceptors (Lipinski definition) is 2. The van der Waals surface area contributed by atoms with Crippen molar-refractivity contribution in [2.24, 2.45) is 0 Å². The summed E-state index contributed by atoms with van der Waals surface area (Å²) in [7, 11) is 0. The van der Waals surface area contributed by atoms with Crippen molar-refractivity contribution in [3.05, 3.63) is 46.1 Å². The number of hydrogen-bond donors (Lipinski definition) is 1. The van der Waals surface area contributed by atoms with Gasteiger partial charge in [0.1, 0.15) is 0 Å². The van der Waals surface area contributed by atoms with E-state index in [1.807, 2.05) is 0 Å². The van der Waals surface area contributed by atoms with E-state index in [4.69, 9.17) is 23.2 Å². The van der Waals surface area contributed by atoms with E-state index < -0.39 is 12.1 Å². The summed E-state index contributed by atoms with van der Waals surface area (Å²) in [5.74, 6) is -2.26. The average molecular weight is 338 g/mol. The lowest BCUT2D eigenvalue weighted by Crippen LogP contribution is -2.30. The molecule has 2 rings (SSSR count). The van der Waals surface area contributed by atoms with Crippen molar-refractivity contribution in [3.63, 3.8) is 0 Å². The van der Waals surface area contributed by atoms with Crippen molar-refractivity contribution in [2.45, 2.75) is 12.7 Å². The van der Waals surface area contributed by atoms with Gasteiger partial charge in [-0.1, -0.05) is 29.3 Å². The highest BCUT2D eigenvalue weighted by Crippen LogP contribution is 2.22. The van der Waals surface area contributed by atoms with E-state index >= 15 is 0 Å². The third kappa shape index (κ3) is 4.12. The summed E-state index contributed by atoms with van der Waals surface area (Å²) in [6.45, 7) is 0.234. The van der Waals surface area contributed by atoms with Crippen molar-refractivity contribution in [2.75, 3.05) is 5.32 Å². The molecule has 112 valence electrons. The molecule has 0 saturated heterocycles. The van der Waals surface area contributed by atoms with Gasteiger partial charge in [0.2, 0.25) is 0 Å². The molecule has 1 heterocycles. The van der Waals surface area contributed by atoms with E-state index in [1.54, 1.807) is 23.5 Å². The van der Waals surface area contributed by atoms with Crippen molar-refractivity contribution in [1.82, 2.24) is 9.78 Å². The summed E-state index contributed by atoms with van der Waals surface area (Å²) in [5, 5.41) is 6.37. The van der Waals surface area contributed by atoms with Crippen molar-refractivity contribution < 1.29 is 18.0 Å². The molecule has 1 amide bonds. The fourth-order valence-electron chi connectivity index (χ4n) is 1.53. The van der Waals surface area contributed by atoms with E-state index in [1.165, 1.54) is 16.9 Å². The quantitative estimate of drug-likeness (QED) is 0.927. The number of nitrogens with one attached hydrogen (secondary N) is 1. The van der Waals surface area contributed by atoms with Gasteiger partial charge in [-0.3, -0.25) is 9.48 Å². The Bertz CT molecular complexity index is 670. The van der Waals surface area contributed by atoms with Crippen LogP contribution in [0.4, 0.5) is 19.0 Å². The molecule has 0 atom stereocenters. The second-order valence-electron chi connectivity index (χ2n) is 4.09. The fraction of sp³-hybridized carbons (Fsp3) is 0.167. The summed E-state index contributed by atoms with van der Waals surface area (Å²) >= 11 is 11.7. The van der Waals surface area contributed by atoms with Gasteiger partial charge in [-0.25, -0.2) is 0 Å². The van der Waals surface area contributed by atoms with Crippen molar-refractivity contribution >= 4 is 34.9 Å². The molecule has 9 heteroatoms. The Morgan fingerprint density at radius 1 is 1.29 bits per heavy atom. The minimum absolute atomic E-state index is 0.192. The Labute approximate surface area is 127 Å². The van der Waals surface area contributed by atoms with Crippen LogP contribution in [0.15, 0.2) is 30.5 Å². The van der Waals surface area contributed by atoms with Gasteiger partial charge in [-0.2, -0.15) is 18.3 Å². The van der Waals surface area contributed by atoms with E-state index in [9.17, 15) is 18.0 Å². The smallest absolute Gasteiger partial charge is 0.301 e. The van der Waals surface area contributed by atoms with Gasteiger partial charge in [-0.05, 0) is 17.7 Å². The van der Waals surface area contributed by atoms with Crippen LogP contribution in [0.5, 0.6) is 0 Å². The summed E-state index contributed by atoms with van der Waals surface area (Å²) < 4.78 is 37.7. The molecule has 21 heavy (non-hydrogen) atoms. The topological polar surface area (TPSA) is 46.9 Å². The Morgan fingerprint density at radius 3 is 2.62 bits per heavy atom. The van der Waals surface area contributed by atoms with E-state index in [-0.39, 0.29) is 12.4 Å². The van der Waals surface area contributed by atoms with Gasteiger partial charge >= 0.3 is 12.1 Å². The first kappa shape index (κ1) is 15.7. The third-order valence-electron chi connectivity index (χ3n) is 2.49. The largest absolute Gasteiger partial charge is 0.471 e. The molecular formula is C12H8Cl2F3N3O. The number of nitrogens with zero attached hydrogens (tertiary/aromatic N) is 2. The van der Waals surface area contributed by atoms with Crippen molar-refractivity contribution in [1.29, 1.82) is 0 Å². The SMILES string of the molecule is O=C(Nc1ccn(Cc2ccc(Cl)cc2Cl)n1)C(F)(F)F. The summed E-state index contributed by atoms with van der Waals surface area (Å²) in [4.78, 5) is 10.8. The highest BCUT2D eigenvalue weighted by molar-refractivity contribution is 6.35. The Hall–Kier alpha value is -1.73. The molecule has 0 saturated carbocycles. The minimum Gasteiger partial charge on any atom is -0.301 e. The van der Waals surface area contributed by atoms with Crippen LogP contribution in [0, 0.1) is 0 Å². The number of amides is 1. The lowest BCUT2D eigenvalue weighted by molar-refractivity contribution is -0.167. The standard InChI is InChI=1S/C12H8Cl2F3N3O/c13-8-2-1-7(9(14)5-8)6-20-4-3-10(19-20)18-11(21)12(15,16)17/h1-5H,6H2,(H,18,19,21). The zero-order chi connectivity index (χ0) is 15.6. The van der Waals surface area contributed by atoms with Crippen LogP contribution in [0.25, 0.3) is 0 Å². The van der Waals surface area contributed by atoms with E-state index in [0.717, 1.165) is 0 Å². The molecule has 0 fully saturated rings. The van der Waals surface area contributed by atoms with Crippen LogP contribution in [0.1, 0.15) is 5.56 Å². The second kappa shape index (κ2) is 5.95. The molecule has 1 aromatic carbocycles. The van der Waals surface area contributed by atoms with Crippen molar-refractivity contribution in [3.8, 4) is 0 Å². The van der Waals surface area contributed by atoms with Gasteiger partial charge in [0.25, 0.3) is 0 Å². The highest BCUT2D eigenvalue weighted by Gasteiger charge is 2.39. The number of rotatable bonds is 3. The molecule has 0 bridgehead atoms. The highest BCUT2D eigenvalue weighted by atomic mass is 35.5. The Kier molecular flexibility index (Phi) is 4.43. The normalized spacial score (nSPS) is 11.5. The number of benzene rings is 1. The maximum atomic E-state index is 12.1. The first-order valence-corrected chi connectivity index (χ1v) is 6.37. The lowest BCUT2D eigenvalue weighted by atomic mass is 10.2. The number of aromatic nitrogens is 2. The number of anilines is 1. The number of carbonyl (C=O) groups excluding carboxylic acids is 1. The molecule has 1 aromatic heterocycles. The average Bonchev–Trinajstić information content (AvgIpc) is 2.79. The maximum absolute atomic E-state index is 12.1. The molecule has 1 N–H and O–H groups in total. The molecule has 0 unspecified atom stereocenters. The predicted molar refractivity (Wildman–Crippen MR) is 72.5 cm³/mol. The van der Waals surface area contributed by atoms with E-state index in [2.05, 4.69) is 5.10 Å². The Morgan fingerprint density at radius 2 is 2.00 bits per heavy atom. The van der Waals surface area contributed by atoms with E-state index in [0.29, 0.717) is 15.6 Å². The Balaban J connectivity index is 2.08.